The fraction of sp³-hybridized carbons (Fsp3) is 0.600. The summed E-state index contributed by atoms with van der Waals surface area (Å²) in [6.07, 6.45) is 3.47. The molecule has 20 heavy (non-hydrogen) atoms. The maximum atomic E-state index is 12.1. The monoisotopic (exact) mass is 278 g/mol. The van der Waals surface area contributed by atoms with Crippen LogP contribution in [0.15, 0.2) is 23.1 Å². The highest BCUT2D eigenvalue weighted by molar-refractivity contribution is 5.79. The standard InChI is InChI=1S/C15H22N2O3/c1-3-17-8-4-6-12(15(17)19)10-16-14(18)13-7-5-9-20-11(13)2/h4,6,8,11,13H,3,5,7,9-10H2,1-2H3,(H,16,18)/t11-,13+/m1/s1. The van der Waals surface area contributed by atoms with E-state index in [9.17, 15) is 9.59 Å². The number of nitrogens with zero attached hydrogens (tertiary/aromatic N) is 1. The summed E-state index contributed by atoms with van der Waals surface area (Å²) in [6, 6.07) is 3.59. The van der Waals surface area contributed by atoms with Crippen molar-refractivity contribution in [2.24, 2.45) is 5.92 Å². The van der Waals surface area contributed by atoms with Crippen LogP contribution < -0.4 is 10.9 Å². The Morgan fingerprint density at radius 1 is 1.55 bits per heavy atom. The van der Waals surface area contributed by atoms with Crippen molar-refractivity contribution in [3.8, 4) is 0 Å². The molecule has 0 saturated carbocycles. The first-order valence-electron chi connectivity index (χ1n) is 7.21. The third-order valence-corrected chi connectivity index (χ3v) is 3.84. The highest BCUT2D eigenvalue weighted by Crippen LogP contribution is 2.20. The van der Waals surface area contributed by atoms with Crippen molar-refractivity contribution in [2.45, 2.75) is 45.9 Å². The topological polar surface area (TPSA) is 60.3 Å². The molecule has 1 aromatic heterocycles. The highest BCUT2D eigenvalue weighted by Gasteiger charge is 2.28. The first kappa shape index (κ1) is 14.8. The number of aryl methyl sites for hydroxylation is 1. The van der Waals surface area contributed by atoms with Gasteiger partial charge in [0.05, 0.1) is 12.0 Å². The van der Waals surface area contributed by atoms with Gasteiger partial charge in [-0.25, -0.2) is 0 Å². The molecular formula is C15H22N2O3. The summed E-state index contributed by atoms with van der Waals surface area (Å²) in [5.41, 5.74) is 0.579. The fourth-order valence-corrected chi connectivity index (χ4v) is 2.55. The number of carbonyl (C=O) groups excluding carboxylic acids is 1. The summed E-state index contributed by atoms with van der Waals surface area (Å²) in [5.74, 6) is -0.135. The molecule has 2 atom stereocenters. The Morgan fingerprint density at radius 2 is 2.35 bits per heavy atom. The van der Waals surface area contributed by atoms with Crippen LogP contribution in [0.1, 0.15) is 32.3 Å². The van der Waals surface area contributed by atoms with Crippen molar-refractivity contribution in [3.05, 3.63) is 34.2 Å². The summed E-state index contributed by atoms with van der Waals surface area (Å²) in [4.78, 5) is 24.2. The van der Waals surface area contributed by atoms with E-state index in [0.717, 1.165) is 19.4 Å². The van der Waals surface area contributed by atoms with Crippen molar-refractivity contribution in [1.82, 2.24) is 9.88 Å². The normalized spacial score (nSPS) is 22.5. The second kappa shape index (κ2) is 6.70. The van der Waals surface area contributed by atoms with Crippen LogP contribution >= 0.6 is 0 Å². The van der Waals surface area contributed by atoms with Crippen molar-refractivity contribution < 1.29 is 9.53 Å². The second-order valence-electron chi connectivity index (χ2n) is 5.17. The summed E-state index contributed by atoms with van der Waals surface area (Å²) in [7, 11) is 0. The number of amides is 1. The molecule has 0 aromatic carbocycles. The molecule has 1 N–H and O–H groups in total. The van der Waals surface area contributed by atoms with E-state index >= 15 is 0 Å². The van der Waals surface area contributed by atoms with Gasteiger partial charge in [-0.15, -0.1) is 0 Å². The molecule has 5 nitrogen and oxygen atoms in total. The van der Waals surface area contributed by atoms with Crippen molar-refractivity contribution in [3.63, 3.8) is 0 Å². The smallest absolute Gasteiger partial charge is 0.255 e. The average molecular weight is 278 g/mol. The lowest BCUT2D eigenvalue weighted by atomic mass is 9.94. The summed E-state index contributed by atoms with van der Waals surface area (Å²) in [5, 5.41) is 2.86. The van der Waals surface area contributed by atoms with E-state index in [1.165, 1.54) is 0 Å². The van der Waals surface area contributed by atoms with Crippen LogP contribution in [0.25, 0.3) is 0 Å². The predicted molar refractivity (Wildman–Crippen MR) is 76.4 cm³/mol. The van der Waals surface area contributed by atoms with Gasteiger partial charge in [-0.1, -0.05) is 6.07 Å². The molecule has 5 heteroatoms. The average Bonchev–Trinajstić information content (AvgIpc) is 2.46. The molecule has 1 fully saturated rings. The van der Waals surface area contributed by atoms with Gasteiger partial charge in [0.2, 0.25) is 5.91 Å². The second-order valence-corrected chi connectivity index (χ2v) is 5.17. The van der Waals surface area contributed by atoms with Crippen molar-refractivity contribution in [1.29, 1.82) is 0 Å². The van der Waals surface area contributed by atoms with E-state index in [-0.39, 0.29) is 30.0 Å². The number of ether oxygens (including phenoxy) is 1. The molecule has 0 bridgehead atoms. The predicted octanol–water partition coefficient (Wildman–Crippen LogP) is 1.30. The van der Waals surface area contributed by atoms with E-state index in [1.807, 2.05) is 19.9 Å². The van der Waals surface area contributed by atoms with E-state index in [4.69, 9.17) is 4.74 Å². The van der Waals surface area contributed by atoms with Crippen LogP contribution in [-0.2, 0) is 22.6 Å². The molecule has 1 aliphatic rings. The van der Waals surface area contributed by atoms with Gasteiger partial charge in [-0.05, 0) is 32.8 Å². The van der Waals surface area contributed by atoms with Crippen LogP contribution in [0.2, 0.25) is 0 Å². The Balaban J connectivity index is 1.98. The van der Waals surface area contributed by atoms with E-state index < -0.39 is 0 Å². The Labute approximate surface area is 118 Å². The molecule has 2 heterocycles. The van der Waals surface area contributed by atoms with E-state index in [0.29, 0.717) is 12.1 Å². The van der Waals surface area contributed by atoms with Crippen molar-refractivity contribution in [2.75, 3.05) is 6.61 Å². The minimum Gasteiger partial charge on any atom is -0.378 e. The molecule has 0 radical (unpaired) electrons. The minimum absolute atomic E-state index is 0.0245. The number of pyridine rings is 1. The molecule has 0 spiro atoms. The molecule has 1 aromatic rings. The zero-order chi connectivity index (χ0) is 14.5. The Morgan fingerprint density at radius 3 is 3.05 bits per heavy atom. The number of carbonyl (C=O) groups is 1. The molecule has 1 aliphatic heterocycles. The van der Waals surface area contributed by atoms with Gasteiger partial charge >= 0.3 is 0 Å². The molecule has 0 unspecified atom stereocenters. The Bertz CT molecular complexity index is 524. The summed E-state index contributed by atoms with van der Waals surface area (Å²) >= 11 is 0. The molecule has 110 valence electrons. The maximum Gasteiger partial charge on any atom is 0.255 e. The lowest BCUT2D eigenvalue weighted by Gasteiger charge is -2.28. The van der Waals surface area contributed by atoms with Gasteiger partial charge < -0.3 is 14.6 Å². The van der Waals surface area contributed by atoms with Crippen LogP contribution in [0, 0.1) is 5.92 Å². The molecular weight excluding hydrogens is 256 g/mol. The molecule has 0 aliphatic carbocycles. The van der Waals surface area contributed by atoms with Crippen LogP contribution in [0.3, 0.4) is 0 Å². The molecule has 1 saturated heterocycles. The fourth-order valence-electron chi connectivity index (χ4n) is 2.55. The minimum atomic E-state index is -0.110. The van der Waals surface area contributed by atoms with Gasteiger partial charge in [-0.2, -0.15) is 0 Å². The van der Waals surface area contributed by atoms with Crippen LogP contribution in [-0.4, -0.2) is 23.2 Å². The highest BCUT2D eigenvalue weighted by atomic mass is 16.5. The van der Waals surface area contributed by atoms with Gasteiger partial charge in [-0.3, -0.25) is 9.59 Å². The van der Waals surface area contributed by atoms with Crippen LogP contribution in [0.5, 0.6) is 0 Å². The van der Waals surface area contributed by atoms with Gasteiger partial charge in [0.25, 0.3) is 5.56 Å². The molecule has 2 rings (SSSR count). The Hall–Kier alpha value is -1.62. The maximum absolute atomic E-state index is 12.1. The zero-order valence-electron chi connectivity index (χ0n) is 12.1. The number of rotatable bonds is 4. The van der Waals surface area contributed by atoms with Gasteiger partial charge in [0.15, 0.2) is 0 Å². The SMILES string of the molecule is CCn1cccc(CNC(=O)[C@H]2CCCO[C@@H]2C)c1=O. The summed E-state index contributed by atoms with van der Waals surface area (Å²) < 4.78 is 7.13. The molecule has 1 amide bonds. The van der Waals surface area contributed by atoms with E-state index in [1.54, 1.807) is 16.8 Å². The number of hydrogen-bond acceptors (Lipinski definition) is 3. The number of aromatic nitrogens is 1. The number of hydrogen-bond donors (Lipinski definition) is 1. The lowest BCUT2D eigenvalue weighted by Crippen LogP contribution is -2.40. The number of nitrogens with one attached hydrogen (secondary N) is 1. The third-order valence-electron chi connectivity index (χ3n) is 3.84. The first-order chi connectivity index (χ1) is 9.63. The Kier molecular flexibility index (Phi) is 4.95. The van der Waals surface area contributed by atoms with Gasteiger partial charge in [0.1, 0.15) is 0 Å². The largest absolute Gasteiger partial charge is 0.378 e. The quantitative estimate of drug-likeness (QED) is 0.903. The van der Waals surface area contributed by atoms with Crippen LogP contribution in [0.4, 0.5) is 0 Å². The first-order valence-corrected chi connectivity index (χ1v) is 7.21. The van der Waals surface area contributed by atoms with Crippen molar-refractivity contribution >= 4 is 5.91 Å². The summed E-state index contributed by atoms with van der Waals surface area (Å²) in [6.45, 7) is 5.49. The third kappa shape index (κ3) is 3.28. The lowest BCUT2D eigenvalue weighted by molar-refractivity contribution is -0.133. The zero-order valence-corrected chi connectivity index (χ0v) is 12.1. The van der Waals surface area contributed by atoms with E-state index in [2.05, 4.69) is 5.32 Å². The van der Waals surface area contributed by atoms with Gasteiger partial charge in [0, 0.05) is 31.5 Å².